The first kappa shape index (κ1) is 16.9. The van der Waals surface area contributed by atoms with E-state index in [0.717, 1.165) is 11.3 Å². The summed E-state index contributed by atoms with van der Waals surface area (Å²) >= 11 is 0. The Morgan fingerprint density at radius 2 is 2.09 bits per heavy atom. The molecule has 1 aliphatic heterocycles. The fourth-order valence-electron chi connectivity index (χ4n) is 1.93. The maximum absolute atomic E-state index is 11.8. The number of fused-ring (bicyclic) bond motifs is 1. The highest BCUT2D eigenvalue weighted by Gasteiger charge is 2.16. The van der Waals surface area contributed by atoms with Crippen LogP contribution in [0.1, 0.15) is 32.8 Å². The van der Waals surface area contributed by atoms with Crippen LogP contribution in [-0.4, -0.2) is 30.8 Å². The predicted molar refractivity (Wildman–Crippen MR) is 85.5 cm³/mol. The van der Waals surface area contributed by atoms with Gasteiger partial charge in [0.15, 0.2) is 0 Å². The van der Waals surface area contributed by atoms with Crippen molar-refractivity contribution < 1.29 is 23.8 Å². The van der Waals surface area contributed by atoms with E-state index in [1.165, 1.54) is 0 Å². The largest absolute Gasteiger partial charge is 0.489 e. The van der Waals surface area contributed by atoms with Crippen LogP contribution < -0.4 is 14.8 Å². The van der Waals surface area contributed by atoms with E-state index in [2.05, 4.69) is 5.32 Å². The number of ether oxygens (including phenoxy) is 3. The van der Waals surface area contributed by atoms with Crippen molar-refractivity contribution in [2.45, 2.75) is 32.8 Å². The average molecular weight is 319 g/mol. The molecule has 1 N–H and O–H groups in total. The highest BCUT2D eigenvalue weighted by atomic mass is 16.6. The van der Waals surface area contributed by atoms with Gasteiger partial charge >= 0.3 is 12.1 Å². The molecule has 0 radical (unpaired) electrons. The summed E-state index contributed by atoms with van der Waals surface area (Å²) < 4.78 is 15.7. The average Bonchev–Trinajstić information content (AvgIpc) is 2.45. The van der Waals surface area contributed by atoms with Crippen molar-refractivity contribution in [2.24, 2.45) is 0 Å². The molecule has 0 unspecified atom stereocenters. The third kappa shape index (κ3) is 5.65. The van der Waals surface area contributed by atoms with E-state index in [1.807, 2.05) is 12.2 Å². The van der Waals surface area contributed by atoms with Crippen LogP contribution in [0.25, 0.3) is 6.08 Å². The normalized spacial score (nSPS) is 12.8. The monoisotopic (exact) mass is 319 g/mol. The molecule has 1 aromatic carbocycles. The van der Waals surface area contributed by atoms with E-state index in [-0.39, 0.29) is 13.0 Å². The number of alkyl carbamates (subject to hydrolysis) is 1. The number of nitrogens with one attached hydrogen (secondary N) is 1. The fraction of sp³-hybridized carbons (Fsp3) is 0.412. The van der Waals surface area contributed by atoms with E-state index < -0.39 is 17.7 Å². The zero-order valence-corrected chi connectivity index (χ0v) is 13.5. The zero-order valence-electron chi connectivity index (χ0n) is 13.5. The van der Waals surface area contributed by atoms with Crippen LogP contribution in [0.3, 0.4) is 0 Å². The van der Waals surface area contributed by atoms with Crippen LogP contribution in [-0.2, 0) is 9.53 Å². The molecule has 0 aliphatic carbocycles. The van der Waals surface area contributed by atoms with Gasteiger partial charge in [-0.15, -0.1) is 0 Å². The first-order valence-electron chi connectivity index (χ1n) is 7.44. The van der Waals surface area contributed by atoms with Gasteiger partial charge < -0.3 is 19.5 Å². The van der Waals surface area contributed by atoms with Gasteiger partial charge in [-0.1, -0.05) is 6.08 Å². The number of hydrogen-bond acceptors (Lipinski definition) is 5. The Morgan fingerprint density at radius 3 is 2.83 bits per heavy atom. The molecule has 6 heteroatoms. The topological polar surface area (TPSA) is 73.9 Å². The molecule has 2 rings (SSSR count). The first-order valence-corrected chi connectivity index (χ1v) is 7.44. The van der Waals surface area contributed by atoms with Gasteiger partial charge in [-0.25, -0.2) is 4.79 Å². The van der Waals surface area contributed by atoms with Gasteiger partial charge in [-0.3, -0.25) is 4.79 Å². The van der Waals surface area contributed by atoms with Gasteiger partial charge in [0.2, 0.25) is 0 Å². The van der Waals surface area contributed by atoms with Gasteiger partial charge in [0.1, 0.15) is 23.7 Å². The highest BCUT2D eigenvalue weighted by molar-refractivity contribution is 5.74. The van der Waals surface area contributed by atoms with E-state index >= 15 is 0 Å². The molecule has 6 nitrogen and oxygen atoms in total. The number of esters is 1. The van der Waals surface area contributed by atoms with Crippen LogP contribution in [0.4, 0.5) is 4.79 Å². The van der Waals surface area contributed by atoms with Gasteiger partial charge in [0.25, 0.3) is 0 Å². The lowest BCUT2D eigenvalue weighted by Crippen LogP contribution is -2.34. The molecule has 0 aromatic heterocycles. The third-order valence-electron chi connectivity index (χ3n) is 2.84. The van der Waals surface area contributed by atoms with Crippen molar-refractivity contribution in [1.29, 1.82) is 0 Å². The standard InChI is InChI=1S/C17H21NO5/c1-17(2,3)23-16(20)18-9-8-15(19)22-13-6-7-14-12(11-13)5-4-10-21-14/h4-7,11H,8-10H2,1-3H3,(H,18,20). The molecule has 23 heavy (non-hydrogen) atoms. The number of rotatable bonds is 4. The number of carbonyl (C=O) groups is 2. The van der Waals surface area contributed by atoms with Crippen molar-refractivity contribution in [2.75, 3.05) is 13.2 Å². The van der Waals surface area contributed by atoms with Crippen LogP contribution in [0.2, 0.25) is 0 Å². The minimum atomic E-state index is -0.566. The molecule has 0 saturated heterocycles. The van der Waals surface area contributed by atoms with Crippen molar-refractivity contribution in [1.82, 2.24) is 5.32 Å². The Kier molecular flexibility index (Phi) is 5.26. The molecular weight excluding hydrogens is 298 g/mol. The molecule has 0 bridgehead atoms. The Morgan fingerprint density at radius 1 is 1.30 bits per heavy atom. The van der Waals surface area contributed by atoms with E-state index in [1.54, 1.807) is 39.0 Å². The first-order chi connectivity index (χ1) is 10.8. The number of benzene rings is 1. The molecule has 124 valence electrons. The quantitative estimate of drug-likeness (QED) is 0.682. The summed E-state index contributed by atoms with van der Waals surface area (Å²) in [6, 6.07) is 5.18. The number of hydrogen-bond donors (Lipinski definition) is 1. The second-order valence-electron chi connectivity index (χ2n) is 6.07. The van der Waals surface area contributed by atoms with Crippen molar-refractivity contribution in [3.8, 4) is 11.5 Å². The second kappa shape index (κ2) is 7.17. The minimum absolute atomic E-state index is 0.0582. The molecule has 0 saturated carbocycles. The summed E-state index contributed by atoms with van der Waals surface area (Å²) in [5, 5.41) is 2.51. The van der Waals surface area contributed by atoms with E-state index in [4.69, 9.17) is 14.2 Å². The van der Waals surface area contributed by atoms with Gasteiger partial charge in [0.05, 0.1) is 6.42 Å². The summed E-state index contributed by atoms with van der Waals surface area (Å²) in [5.74, 6) is 0.779. The minimum Gasteiger partial charge on any atom is -0.489 e. The molecule has 1 amide bonds. The molecule has 1 aliphatic rings. The lowest BCUT2D eigenvalue weighted by Gasteiger charge is -2.19. The summed E-state index contributed by atoms with van der Waals surface area (Å²) in [7, 11) is 0. The Balaban J connectivity index is 1.77. The van der Waals surface area contributed by atoms with E-state index in [9.17, 15) is 9.59 Å². The summed E-state index contributed by atoms with van der Waals surface area (Å²) in [6.07, 6.45) is 3.31. The summed E-state index contributed by atoms with van der Waals surface area (Å²) in [4.78, 5) is 23.2. The summed E-state index contributed by atoms with van der Waals surface area (Å²) in [5.41, 5.74) is 0.303. The molecule has 1 aromatic rings. The van der Waals surface area contributed by atoms with Crippen molar-refractivity contribution in [3.63, 3.8) is 0 Å². The second-order valence-corrected chi connectivity index (χ2v) is 6.07. The Bertz CT molecular complexity index is 616. The lowest BCUT2D eigenvalue weighted by atomic mass is 10.1. The smallest absolute Gasteiger partial charge is 0.407 e. The van der Waals surface area contributed by atoms with Gasteiger partial charge in [-0.05, 0) is 45.0 Å². The van der Waals surface area contributed by atoms with E-state index in [0.29, 0.717) is 12.4 Å². The maximum atomic E-state index is 11.8. The third-order valence-corrected chi connectivity index (χ3v) is 2.84. The molecule has 0 spiro atoms. The van der Waals surface area contributed by atoms with Crippen molar-refractivity contribution >= 4 is 18.1 Å². The SMILES string of the molecule is CC(C)(C)OC(=O)NCCC(=O)Oc1ccc2c(c1)C=CCO2. The Hall–Kier alpha value is -2.50. The molecular formula is C17H21NO5. The van der Waals surface area contributed by atoms with Crippen LogP contribution in [0.5, 0.6) is 11.5 Å². The number of carbonyl (C=O) groups excluding carboxylic acids is 2. The molecule has 0 fully saturated rings. The summed E-state index contributed by atoms with van der Waals surface area (Å²) in [6.45, 7) is 6.02. The Labute approximate surface area is 135 Å². The molecule has 1 heterocycles. The van der Waals surface area contributed by atoms with Crippen molar-refractivity contribution in [3.05, 3.63) is 29.8 Å². The highest BCUT2D eigenvalue weighted by Crippen LogP contribution is 2.27. The van der Waals surface area contributed by atoms with Gasteiger partial charge in [-0.2, -0.15) is 0 Å². The van der Waals surface area contributed by atoms with Crippen LogP contribution >= 0.6 is 0 Å². The lowest BCUT2D eigenvalue weighted by molar-refractivity contribution is -0.134. The zero-order chi connectivity index (χ0) is 16.9. The number of amides is 1. The van der Waals surface area contributed by atoms with Crippen LogP contribution in [0.15, 0.2) is 24.3 Å². The van der Waals surface area contributed by atoms with Gasteiger partial charge in [0, 0.05) is 12.1 Å². The van der Waals surface area contributed by atoms with Crippen LogP contribution in [0, 0.1) is 0 Å². The molecule has 0 atom stereocenters. The fourth-order valence-corrected chi connectivity index (χ4v) is 1.93. The maximum Gasteiger partial charge on any atom is 0.407 e. The predicted octanol–water partition coefficient (Wildman–Crippen LogP) is 2.91.